The first-order valence-electron chi connectivity index (χ1n) is 6.09. The highest BCUT2D eigenvalue weighted by Gasteiger charge is 2.48. The van der Waals surface area contributed by atoms with Gasteiger partial charge in [-0.3, -0.25) is 4.79 Å². The van der Waals surface area contributed by atoms with Gasteiger partial charge >= 0.3 is 0 Å². The summed E-state index contributed by atoms with van der Waals surface area (Å²) in [6.45, 7) is 11.0. The van der Waals surface area contributed by atoms with Crippen LogP contribution >= 0.6 is 0 Å². The fraction of sp³-hybridized carbons (Fsp3) is 0.923. The number of ether oxygens (including phenoxy) is 2. The summed E-state index contributed by atoms with van der Waals surface area (Å²) in [4.78, 5) is 12.0. The monoisotopic (exact) mass is 228 g/mol. The van der Waals surface area contributed by atoms with Gasteiger partial charge in [-0.15, -0.1) is 0 Å². The minimum absolute atomic E-state index is 0.0423. The van der Waals surface area contributed by atoms with Gasteiger partial charge < -0.3 is 9.47 Å². The van der Waals surface area contributed by atoms with E-state index < -0.39 is 0 Å². The molecule has 3 heteroatoms. The Morgan fingerprint density at radius 1 is 1.38 bits per heavy atom. The molecule has 1 fully saturated rings. The first-order valence-corrected chi connectivity index (χ1v) is 6.09. The molecule has 1 heterocycles. The molecule has 1 atom stereocenters. The second-order valence-electron chi connectivity index (χ2n) is 5.74. The van der Waals surface area contributed by atoms with Gasteiger partial charge in [0.05, 0.1) is 17.1 Å². The van der Waals surface area contributed by atoms with Crippen LogP contribution in [0.5, 0.6) is 0 Å². The van der Waals surface area contributed by atoms with Gasteiger partial charge in [0.25, 0.3) is 0 Å². The van der Waals surface area contributed by atoms with Gasteiger partial charge in [-0.2, -0.15) is 0 Å². The first kappa shape index (κ1) is 13.7. The lowest BCUT2D eigenvalue weighted by atomic mass is 9.84. The van der Waals surface area contributed by atoms with Crippen molar-refractivity contribution in [3.8, 4) is 0 Å². The third-order valence-corrected chi connectivity index (χ3v) is 3.06. The Balaban J connectivity index is 2.56. The molecule has 1 rings (SSSR count). The zero-order valence-corrected chi connectivity index (χ0v) is 11.1. The van der Waals surface area contributed by atoms with Crippen molar-refractivity contribution >= 4 is 5.78 Å². The number of Topliss-reactive ketones (excluding diaryl/α,β-unsaturated/α-hetero) is 1. The minimum atomic E-state index is -0.365. The Kier molecular flexibility index (Phi) is 4.13. The summed E-state index contributed by atoms with van der Waals surface area (Å²) in [7, 11) is 0. The zero-order valence-electron chi connectivity index (χ0n) is 11.1. The molecule has 3 nitrogen and oxygen atoms in total. The highest BCUT2D eigenvalue weighted by molar-refractivity contribution is 5.83. The smallest absolute Gasteiger partial charge is 0.164 e. The molecule has 1 aliphatic rings. The van der Waals surface area contributed by atoms with Gasteiger partial charge in [-0.05, 0) is 40.5 Å². The predicted octanol–water partition coefficient (Wildman–Crippen LogP) is 2.58. The minimum Gasteiger partial charge on any atom is -0.374 e. The van der Waals surface area contributed by atoms with Gasteiger partial charge in [0.1, 0.15) is 6.61 Å². The van der Waals surface area contributed by atoms with Crippen molar-refractivity contribution in [3.05, 3.63) is 0 Å². The van der Waals surface area contributed by atoms with Crippen LogP contribution in [0.4, 0.5) is 0 Å². The van der Waals surface area contributed by atoms with Crippen molar-refractivity contribution < 1.29 is 14.3 Å². The van der Waals surface area contributed by atoms with Crippen molar-refractivity contribution in [2.75, 3.05) is 13.2 Å². The van der Waals surface area contributed by atoms with E-state index in [9.17, 15) is 4.79 Å². The number of hydrogen-bond acceptors (Lipinski definition) is 3. The molecule has 0 spiro atoms. The van der Waals surface area contributed by atoms with E-state index in [0.717, 1.165) is 12.8 Å². The molecule has 1 unspecified atom stereocenters. The van der Waals surface area contributed by atoms with Crippen LogP contribution in [-0.2, 0) is 14.3 Å². The lowest BCUT2D eigenvalue weighted by Gasteiger charge is -2.26. The topological polar surface area (TPSA) is 35.5 Å². The van der Waals surface area contributed by atoms with Gasteiger partial charge in [-0.1, -0.05) is 6.92 Å². The van der Waals surface area contributed by atoms with Crippen LogP contribution in [0, 0.1) is 5.92 Å². The number of carbonyl (C=O) groups is 1. The maximum atomic E-state index is 12.0. The molecule has 0 amide bonds. The maximum absolute atomic E-state index is 12.0. The van der Waals surface area contributed by atoms with E-state index in [1.807, 2.05) is 34.6 Å². The summed E-state index contributed by atoms with van der Waals surface area (Å²) in [5, 5.41) is 0. The van der Waals surface area contributed by atoms with E-state index in [0.29, 0.717) is 6.61 Å². The molecule has 16 heavy (non-hydrogen) atoms. The van der Waals surface area contributed by atoms with Crippen molar-refractivity contribution in [2.24, 2.45) is 5.92 Å². The zero-order chi connectivity index (χ0) is 12.4. The van der Waals surface area contributed by atoms with Crippen LogP contribution in [0.25, 0.3) is 0 Å². The number of rotatable bonds is 5. The lowest BCUT2D eigenvalue weighted by molar-refractivity contribution is -0.133. The lowest BCUT2D eigenvalue weighted by Crippen LogP contribution is -2.35. The molecule has 0 bridgehead atoms. The average molecular weight is 228 g/mol. The van der Waals surface area contributed by atoms with E-state index >= 15 is 0 Å². The molecule has 1 saturated heterocycles. The largest absolute Gasteiger partial charge is 0.374 e. The fourth-order valence-corrected chi connectivity index (χ4v) is 2.48. The molecule has 0 radical (unpaired) electrons. The van der Waals surface area contributed by atoms with E-state index in [1.165, 1.54) is 0 Å². The molecule has 0 saturated carbocycles. The van der Waals surface area contributed by atoms with Crippen molar-refractivity contribution in [1.29, 1.82) is 0 Å². The van der Waals surface area contributed by atoms with E-state index in [1.54, 1.807) is 0 Å². The van der Waals surface area contributed by atoms with Crippen LogP contribution in [0.15, 0.2) is 0 Å². The van der Waals surface area contributed by atoms with Crippen molar-refractivity contribution in [3.63, 3.8) is 0 Å². The second kappa shape index (κ2) is 4.84. The van der Waals surface area contributed by atoms with E-state index in [-0.39, 0.29) is 29.5 Å². The average Bonchev–Trinajstić information content (AvgIpc) is 2.34. The summed E-state index contributed by atoms with van der Waals surface area (Å²) in [5.41, 5.74) is -0.565. The number of hydrogen-bond donors (Lipinski definition) is 0. The maximum Gasteiger partial charge on any atom is 0.164 e. The molecular formula is C13H24O3. The van der Waals surface area contributed by atoms with Crippen LogP contribution in [-0.4, -0.2) is 30.2 Å². The Labute approximate surface area is 98.5 Å². The number of carbonyl (C=O) groups excluding carboxylic acids is 1. The SMILES string of the molecule is CCCOCC(=O)C1CC(C)(C)OC1(C)C. The van der Waals surface area contributed by atoms with Crippen molar-refractivity contribution in [2.45, 2.75) is 58.7 Å². The van der Waals surface area contributed by atoms with Gasteiger partial charge in [0, 0.05) is 6.61 Å². The molecule has 0 aromatic rings. The fourth-order valence-electron chi connectivity index (χ4n) is 2.48. The van der Waals surface area contributed by atoms with Crippen LogP contribution in [0.1, 0.15) is 47.5 Å². The summed E-state index contributed by atoms with van der Waals surface area (Å²) < 4.78 is 11.2. The second-order valence-corrected chi connectivity index (χ2v) is 5.74. The third-order valence-electron chi connectivity index (χ3n) is 3.06. The quantitative estimate of drug-likeness (QED) is 0.678. The third kappa shape index (κ3) is 3.29. The summed E-state index contributed by atoms with van der Waals surface area (Å²) in [6, 6.07) is 0. The van der Waals surface area contributed by atoms with Gasteiger partial charge in [0.15, 0.2) is 5.78 Å². The Hall–Kier alpha value is -0.410. The number of ketones is 1. The summed E-state index contributed by atoms with van der Waals surface area (Å²) in [6.07, 6.45) is 1.73. The van der Waals surface area contributed by atoms with E-state index in [4.69, 9.17) is 9.47 Å². The Morgan fingerprint density at radius 2 is 2.00 bits per heavy atom. The summed E-state index contributed by atoms with van der Waals surface area (Å²) in [5.74, 6) is 0.128. The normalized spacial score (nSPS) is 26.9. The molecule has 1 aliphatic heterocycles. The highest BCUT2D eigenvalue weighted by atomic mass is 16.5. The highest BCUT2D eigenvalue weighted by Crippen LogP contribution is 2.42. The molecule has 94 valence electrons. The predicted molar refractivity (Wildman–Crippen MR) is 63.5 cm³/mol. The molecule has 0 N–H and O–H groups in total. The first-order chi connectivity index (χ1) is 7.28. The van der Waals surface area contributed by atoms with Crippen LogP contribution < -0.4 is 0 Å². The standard InChI is InChI=1S/C13H24O3/c1-6-7-15-9-11(14)10-8-12(2,3)16-13(10,4)5/h10H,6-9H2,1-5H3. The van der Waals surface area contributed by atoms with Gasteiger partial charge in [0.2, 0.25) is 0 Å². The summed E-state index contributed by atoms with van der Waals surface area (Å²) >= 11 is 0. The molecule has 0 aromatic carbocycles. The van der Waals surface area contributed by atoms with Gasteiger partial charge in [-0.25, -0.2) is 0 Å². The van der Waals surface area contributed by atoms with Crippen LogP contribution in [0.3, 0.4) is 0 Å². The Bertz CT molecular complexity index is 256. The molecular weight excluding hydrogens is 204 g/mol. The molecule has 0 aromatic heterocycles. The van der Waals surface area contributed by atoms with Crippen LogP contribution in [0.2, 0.25) is 0 Å². The Morgan fingerprint density at radius 3 is 2.44 bits per heavy atom. The molecule has 0 aliphatic carbocycles. The van der Waals surface area contributed by atoms with E-state index in [2.05, 4.69) is 0 Å². The van der Waals surface area contributed by atoms with Crippen molar-refractivity contribution in [1.82, 2.24) is 0 Å².